The number of ether oxygens (including phenoxy) is 1. The molecule has 9 nitrogen and oxygen atoms in total. The number of fused-ring (bicyclic) bond motifs is 1. The molecule has 0 saturated carbocycles. The van der Waals surface area contributed by atoms with Crippen LogP contribution in [0.25, 0.3) is 22.3 Å². The van der Waals surface area contributed by atoms with Crippen molar-refractivity contribution < 1.29 is 13.5 Å². The standard InChI is InChI=1S/C29H36F2N8O/c1-18(2)39-19(3)35-27-22(30)12-21(13-24(27)39)26-23(31)15-34-28(37-26)36-25-7-6-20(14-33-25)16-38-10-11-40-29(4,17-38)8-9-32-5/h6-7,12-15,18,32H,8-11,16-17H2,1-5H3,(H,33,34,36,37)/t29-/m0/s1. The highest BCUT2D eigenvalue weighted by molar-refractivity contribution is 5.83. The summed E-state index contributed by atoms with van der Waals surface area (Å²) in [6.07, 6.45) is 3.84. The number of halogens is 2. The van der Waals surface area contributed by atoms with E-state index in [9.17, 15) is 8.78 Å². The Hall–Kier alpha value is -3.54. The van der Waals surface area contributed by atoms with Crippen molar-refractivity contribution in [3.63, 3.8) is 0 Å². The number of hydrogen-bond donors (Lipinski definition) is 2. The largest absolute Gasteiger partial charge is 0.373 e. The Labute approximate surface area is 233 Å². The first kappa shape index (κ1) is 28.0. The molecule has 5 rings (SSSR count). The Morgan fingerprint density at radius 1 is 1.10 bits per heavy atom. The van der Waals surface area contributed by atoms with E-state index in [0.717, 1.165) is 44.4 Å². The van der Waals surface area contributed by atoms with Crippen molar-refractivity contribution in [3.05, 3.63) is 59.7 Å². The number of aryl methyl sites for hydroxylation is 1. The number of morpholine rings is 1. The molecule has 0 amide bonds. The molecule has 40 heavy (non-hydrogen) atoms. The van der Waals surface area contributed by atoms with Crippen LogP contribution < -0.4 is 10.6 Å². The first-order chi connectivity index (χ1) is 19.2. The molecule has 0 unspecified atom stereocenters. The highest BCUT2D eigenvalue weighted by Gasteiger charge is 2.31. The van der Waals surface area contributed by atoms with Gasteiger partial charge in [-0.05, 0) is 71.5 Å². The molecule has 1 aliphatic rings. The van der Waals surface area contributed by atoms with Gasteiger partial charge in [-0.1, -0.05) is 6.07 Å². The fourth-order valence-corrected chi connectivity index (χ4v) is 5.35. The highest BCUT2D eigenvalue weighted by Crippen LogP contribution is 2.30. The van der Waals surface area contributed by atoms with E-state index in [-0.39, 0.29) is 28.8 Å². The number of aromatic nitrogens is 5. The molecule has 0 bridgehead atoms. The quantitative estimate of drug-likeness (QED) is 0.301. The summed E-state index contributed by atoms with van der Waals surface area (Å²) in [7, 11) is 1.95. The molecule has 1 atom stereocenters. The molecule has 1 fully saturated rings. The molecule has 0 aliphatic carbocycles. The summed E-state index contributed by atoms with van der Waals surface area (Å²) < 4.78 is 37.8. The molecule has 1 saturated heterocycles. The maximum Gasteiger partial charge on any atom is 0.229 e. The van der Waals surface area contributed by atoms with Crippen molar-refractivity contribution in [1.82, 2.24) is 34.7 Å². The minimum absolute atomic E-state index is 0.00211. The second-order valence-electron chi connectivity index (χ2n) is 10.9. The van der Waals surface area contributed by atoms with Crippen LogP contribution in [0.4, 0.5) is 20.5 Å². The number of imidazole rings is 1. The van der Waals surface area contributed by atoms with Gasteiger partial charge in [-0.2, -0.15) is 0 Å². The molecular weight excluding hydrogens is 514 g/mol. The minimum atomic E-state index is -0.646. The third-order valence-corrected chi connectivity index (χ3v) is 7.25. The van der Waals surface area contributed by atoms with Crippen molar-refractivity contribution in [2.45, 2.75) is 52.3 Å². The summed E-state index contributed by atoms with van der Waals surface area (Å²) in [5.41, 5.74) is 2.06. The van der Waals surface area contributed by atoms with E-state index in [0.29, 0.717) is 29.3 Å². The van der Waals surface area contributed by atoms with Crippen LogP contribution in [0.2, 0.25) is 0 Å². The Kier molecular flexibility index (Phi) is 8.07. The summed E-state index contributed by atoms with van der Waals surface area (Å²) in [6, 6.07) is 6.89. The van der Waals surface area contributed by atoms with Gasteiger partial charge in [0.25, 0.3) is 0 Å². The van der Waals surface area contributed by atoms with Crippen molar-refractivity contribution in [3.8, 4) is 11.3 Å². The summed E-state index contributed by atoms with van der Waals surface area (Å²) in [6.45, 7) is 12.1. The van der Waals surface area contributed by atoms with Crippen LogP contribution in [0.3, 0.4) is 0 Å². The Morgan fingerprint density at radius 2 is 1.93 bits per heavy atom. The maximum atomic E-state index is 15.0. The van der Waals surface area contributed by atoms with E-state index < -0.39 is 11.6 Å². The fraction of sp³-hybridized carbons (Fsp3) is 0.448. The lowest BCUT2D eigenvalue weighted by molar-refractivity contribution is -0.103. The van der Waals surface area contributed by atoms with E-state index in [4.69, 9.17) is 4.74 Å². The summed E-state index contributed by atoms with van der Waals surface area (Å²) in [4.78, 5) is 19.7. The molecule has 1 aliphatic heterocycles. The second kappa shape index (κ2) is 11.5. The number of anilines is 2. The molecular formula is C29H36F2N8O. The first-order valence-electron chi connectivity index (χ1n) is 13.6. The molecule has 212 valence electrons. The lowest BCUT2D eigenvalue weighted by Crippen LogP contribution is -2.50. The highest BCUT2D eigenvalue weighted by atomic mass is 19.1. The number of rotatable bonds is 9. The van der Waals surface area contributed by atoms with Crippen LogP contribution in [0, 0.1) is 18.6 Å². The minimum Gasteiger partial charge on any atom is -0.373 e. The molecule has 3 aromatic heterocycles. The van der Waals surface area contributed by atoms with Gasteiger partial charge in [-0.25, -0.2) is 28.7 Å². The number of nitrogens with one attached hydrogen (secondary N) is 2. The van der Waals surface area contributed by atoms with Gasteiger partial charge in [0.1, 0.15) is 22.9 Å². The number of benzene rings is 1. The zero-order valence-corrected chi connectivity index (χ0v) is 23.6. The molecule has 11 heteroatoms. The van der Waals surface area contributed by atoms with Gasteiger partial charge in [0.15, 0.2) is 11.6 Å². The predicted octanol–water partition coefficient (Wildman–Crippen LogP) is 5.00. The monoisotopic (exact) mass is 550 g/mol. The van der Waals surface area contributed by atoms with Gasteiger partial charge in [-0.15, -0.1) is 0 Å². The van der Waals surface area contributed by atoms with Gasteiger partial charge >= 0.3 is 0 Å². The first-order valence-corrected chi connectivity index (χ1v) is 13.6. The summed E-state index contributed by atoms with van der Waals surface area (Å²) in [5, 5.41) is 6.24. The Bertz CT molecular complexity index is 1490. The van der Waals surface area contributed by atoms with E-state index in [1.807, 2.05) is 50.7 Å². The van der Waals surface area contributed by atoms with Crippen LogP contribution in [0.15, 0.2) is 36.7 Å². The van der Waals surface area contributed by atoms with Gasteiger partial charge < -0.3 is 19.9 Å². The van der Waals surface area contributed by atoms with E-state index in [1.165, 1.54) is 6.07 Å². The zero-order chi connectivity index (χ0) is 28.4. The number of pyridine rings is 1. The lowest BCUT2D eigenvalue weighted by Gasteiger charge is -2.40. The third-order valence-electron chi connectivity index (χ3n) is 7.25. The van der Waals surface area contributed by atoms with Gasteiger partial charge in [-0.3, -0.25) is 4.90 Å². The SMILES string of the molecule is CNCC[C@@]1(C)CN(Cc2ccc(Nc3ncc(F)c(-c4cc(F)c5nc(C)n(C(C)C)c5c4)n3)nc2)CCO1. The third kappa shape index (κ3) is 5.96. The molecule has 1 aromatic carbocycles. The van der Waals surface area contributed by atoms with Gasteiger partial charge in [0.2, 0.25) is 5.95 Å². The Morgan fingerprint density at radius 3 is 2.65 bits per heavy atom. The molecule has 2 N–H and O–H groups in total. The number of hydrogen-bond acceptors (Lipinski definition) is 8. The van der Waals surface area contributed by atoms with E-state index >= 15 is 0 Å². The number of nitrogens with zero attached hydrogens (tertiary/aromatic N) is 6. The average Bonchev–Trinajstić information content (AvgIpc) is 3.26. The molecule has 4 heterocycles. The maximum absolute atomic E-state index is 15.0. The summed E-state index contributed by atoms with van der Waals surface area (Å²) >= 11 is 0. The van der Waals surface area contributed by atoms with E-state index in [1.54, 1.807) is 6.07 Å². The van der Waals surface area contributed by atoms with Crippen LogP contribution >= 0.6 is 0 Å². The van der Waals surface area contributed by atoms with Crippen molar-refractivity contribution in [1.29, 1.82) is 0 Å². The smallest absolute Gasteiger partial charge is 0.229 e. The zero-order valence-electron chi connectivity index (χ0n) is 23.6. The fourth-order valence-electron chi connectivity index (χ4n) is 5.35. The molecule has 0 spiro atoms. The Balaban J connectivity index is 1.32. The van der Waals surface area contributed by atoms with Crippen LogP contribution in [-0.4, -0.2) is 68.3 Å². The van der Waals surface area contributed by atoms with Crippen LogP contribution in [0.5, 0.6) is 0 Å². The van der Waals surface area contributed by atoms with Crippen molar-refractivity contribution in [2.75, 3.05) is 38.6 Å². The lowest BCUT2D eigenvalue weighted by atomic mass is 9.99. The van der Waals surface area contributed by atoms with Gasteiger partial charge in [0.05, 0.1) is 23.9 Å². The average molecular weight is 551 g/mol. The normalized spacial score (nSPS) is 18.1. The van der Waals surface area contributed by atoms with E-state index in [2.05, 4.69) is 42.4 Å². The van der Waals surface area contributed by atoms with Gasteiger partial charge in [0, 0.05) is 37.4 Å². The van der Waals surface area contributed by atoms with Crippen molar-refractivity contribution >= 4 is 22.8 Å². The predicted molar refractivity (Wildman–Crippen MR) is 151 cm³/mol. The van der Waals surface area contributed by atoms with Crippen LogP contribution in [0.1, 0.15) is 44.6 Å². The van der Waals surface area contributed by atoms with Crippen molar-refractivity contribution in [2.24, 2.45) is 0 Å². The molecule has 4 aromatic rings. The second-order valence-corrected chi connectivity index (χ2v) is 10.9. The topological polar surface area (TPSA) is 93.0 Å². The van der Waals surface area contributed by atoms with Crippen LogP contribution in [-0.2, 0) is 11.3 Å². The summed E-state index contributed by atoms with van der Waals surface area (Å²) in [5.74, 6) is 0.212. The molecule has 0 radical (unpaired) electrons.